The van der Waals surface area contributed by atoms with E-state index in [1.807, 2.05) is 0 Å². The third kappa shape index (κ3) is 1.53. The first-order chi connectivity index (χ1) is 4.43. The Morgan fingerprint density at radius 2 is 2.44 bits per heavy atom. The molecule has 3 nitrogen and oxygen atoms in total. The lowest BCUT2D eigenvalue weighted by Gasteiger charge is -1.82. The molecule has 1 heterocycles. The van der Waals surface area contributed by atoms with E-state index in [2.05, 4.69) is 16.7 Å². The van der Waals surface area contributed by atoms with Gasteiger partial charge >= 0.3 is 0 Å². The van der Waals surface area contributed by atoms with E-state index in [9.17, 15) is 0 Å². The number of hydrogen-bond donors (Lipinski definition) is 0. The van der Waals surface area contributed by atoms with Crippen LogP contribution in [-0.4, -0.2) is 14.8 Å². The normalized spacial score (nSPS) is 10.2. The van der Waals surface area contributed by atoms with Crippen molar-refractivity contribution in [1.82, 2.24) is 14.8 Å². The van der Waals surface area contributed by atoms with Crippen LogP contribution in [0.1, 0.15) is 0 Å². The molecule has 0 saturated carbocycles. The molecule has 3 heteroatoms. The second kappa shape index (κ2) is 2.81. The molecule has 0 fully saturated rings. The molecule has 1 rings (SSSR count). The van der Waals surface area contributed by atoms with Crippen LogP contribution in [0.4, 0.5) is 0 Å². The maximum atomic E-state index is 3.82. The molecule has 0 aromatic carbocycles. The van der Waals surface area contributed by atoms with E-state index >= 15 is 0 Å². The average molecular weight is 121 g/mol. The van der Waals surface area contributed by atoms with Gasteiger partial charge in [0.2, 0.25) is 0 Å². The van der Waals surface area contributed by atoms with Gasteiger partial charge in [0.1, 0.15) is 12.7 Å². The highest BCUT2D eigenvalue weighted by Gasteiger charge is 1.77. The van der Waals surface area contributed by atoms with Crippen LogP contribution in [0.15, 0.2) is 31.4 Å². The molecule has 0 unspecified atom stereocenters. The van der Waals surface area contributed by atoms with Gasteiger partial charge in [-0.15, -0.1) is 0 Å². The van der Waals surface area contributed by atoms with Crippen LogP contribution in [-0.2, 0) is 0 Å². The molecule has 0 radical (unpaired) electrons. The quantitative estimate of drug-likeness (QED) is 0.545. The van der Waals surface area contributed by atoms with E-state index in [0.717, 1.165) is 0 Å². The van der Waals surface area contributed by atoms with E-state index < -0.39 is 0 Å². The molecule has 0 bridgehead atoms. The lowest BCUT2D eigenvalue weighted by molar-refractivity contribution is 0.934. The fourth-order valence-electron chi connectivity index (χ4n) is 0.443. The highest BCUT2D eigenvalue weighted by atomic mass is 15.3. The van der Waals surface area contributed by atoms with E-state index in [0.29, 0.717) is 0 Å². The largest absolute Gasteiger partial charge is 0.228 e. The Labute approximate surface area is 53.3 Å². The molecule has 0 aliphatic rings. The van der Waals surface area contributed by atoms with E-state index in [-0.39, 0.29) is 0 Å². The van der Waals surface area contributed by atoms with Crippen LogP contribution in [0.2, 0.25) is 0 Å². The third-order valence-corrected chi connectivity index (χ3v) is 0.811. The summed E-state index contributed by atoms with van der Waals surface area (Å²) in [6.45, 7) is 3.51. The summed E-state index contributed by atoms with van der Waals surface area (Å²) in [6, 6.07) is 0. The zero-order valence-corrected chi connectivity index (χ0v) is 4.94. The maximum Gasteiger partial charge on any atom is 0.138 e. The zero-order chi connectivity index (χ0) is 6.53. The highest BCUT2D eigenvalue weighted by molar-refractivity contribution is 5.23. The van der Waals surface area contributed by atoms with E-state index in [1.165, 1.54) is 6.33 Å². The first-order valence-electron chi connectivity index (χ1n) is 2.57. The van der Waals surface area contributed by atoms with Crippen LogP contribution in [0, 0.1) is 0 Å². The van der Waals surface area contributed by atoms with Gasteiger partial charge in [-0.3, -0.25) is 0 Å². The topological polar surface area (TPSA) is 30.7 Å². The highest BCUT2D eigenvalue weighted by Crippen LogP contribution is 1.80. The Bertz CT molecular complexity index is 198. The number of nitrogens with zero attached hydrogens (tertiary/aromatic N) is 3. The first-order valence-corrected chi connectivity index (χ1v) is 2.57. The summed E-state index contributed by atoms with van der Waals surface area (Å²) < 4.78 is 1.60. The van der Waals surface area contributed by atoms with Gasteiger partial charge in [0, 0.05) is 6.20 Å². The van der Waals surface area contributed by atoms with Crippen LogP contribution < -0.4 is 0 Å². The van der Waals surface area contributed by atoms with Gasteiger partial charge in [0.05, 0.1) is 0 Å². The lowest BCUT2D eigenvalue weighted by atomic mass is 10.6. The predicted molar refractivity (Wildman–Crippen MR) is 35.5 cm³/mol. The summed E-state index contributed by atoms with van der Waals surface area (Å²) in [5, 5.41) is 3.82. The molecule has 0 spiro atoms. The van der Waals surface area contributed by atoms with Crippen molar-refractivity contribution in [1.29, 1.82) is 0 Å². The van der Waals surface area contributed by atoms with Crippen molar-refractivity contribution in [2.24, 2.45) is 0 Å². The molecule has 0 saturated heterocycles. The van der Waals surface area contributed by atoms with Crippen LogP contribution >= 0.6 is 0 Å². The standard InChI is InChI=1S/C6H7N3/c1-2-3-4-9-6-7-5-8-9/h2-6H,1H2/b4-3+. The molecular formula is C6H7N3. The molecule has 0 amide bonds. The zero-order valence-electron chi connectivity index (χ0n) is 4.94. The minimum absolute atomic E-state index is 1.48. The predicted octanol–water partition coefficient (Wildman–Crippen LogP) is 0.935. The number of hydrogen-bond acceptors (Lipinski definition) is 2. The van der Waals surface area contributed by atoms with Crippen molar-refractivity contribution >= 4 is 6.20 Å². The summed E-state index contributed by atoms with van der Waals surface area (Å²) in [5.41, 5.74) is 0. The molecule has 0 aliphatic carbocycles. The molecule has 0 atom stereocenters. The van der Waals surface area contributed by atoms with Crippen molar-refractivity contribution in [2.45, 2.75) is 0 Å². The smallest absolute Gasteiger partial charge is 0.138 e. The Balaban J connectivity index is 2.67. The molecule has 0 N–H and O–H groups in total. The Kier molecular flexibility index (Phi) is 1.80. The fourth-order valence-corrected chi connectivity index (χ4v) is 0.443. The Hall–Kier alpha value is -1.38. The van der Waals surface area contributed by atoms with Gasteiger partial charge in [-0.1, -0.05) is 12.7 Å². The molecule has 0 aliphatic heterocycles. The van der Waals surface area contributed by atoms with Gasteiger partial charge in [0.25, 0.3) is 0 Å². The van der Waals surface area contributed by atoms with Crippen LogP contribution in [0.3, 0.4) is 0 Å². The van der Waals surface area contributed by atoms with Gasteiger partial charge in [-0.2, -0.15) is 5.10 Å². The van der Waals surface area contributed by atoms with Crippen LogP contribution in [0.5, 0.6) is 0 Å². The molecule has 46 valence electrons. The lowest BCUT2D eigenvalue weighted by Crippen LogP contribution is -1.82. The van der Waals surface area contributed by atoms with Gasteiger partial charge in [-0.25, -0.2) is 9.67 Å². The molecule has 1 aromatic heterocycles. The third-order valence-electron chi connectivity index (χ3n) is 0.811. The SMILES string of the molecule is C=C/C=C/n1cncn1. The monoisotopic (exact) mass is 121 g/mol. The fraction of sp³-hybridized carbons (Fsp3) is 0. The molecule has 9 heavy (non-hydrogen) atoms. The van der Waals surface area contributed by atoms with Crippen LogP contribution in [0.25, 0.3) is 6.20 Å². The van der Waals surface area contributed by atoms with Gasteiger partial charge in [-0.05, 0) is 6.08 Å². The summed E-state index contributed by atoms with van der Waals surface area (Å²) in [6.07, 6.45) is 8.32. The summed E-state index contributed by atoms with van der Waals surface area (Å²) in [7, 11) is 0. The van der Waals surface area contributed by atoms with Crippen molar-refractivity contribution in [2.75, 3.05) is 0 Å². The Morgan fingerprint density at radius 3 is 3.00 bits per heavy atom. The number of allylic oxidation sites excluding steroid dienone is 2. The number of aromatic nitrogens is 3. The van der Waals surface area contributed by atoms with Gasteiger partial charge in [0.15, 0.2) is 0 Å². The van der Waals surface area contributed by atoms with Crippen molar-refractivity contribution in [3.05, 3.63) is 31.4 Å². The van der Waals surface area contributed by atoms with Crippen molar-refractivity contribution in [3.63, 3.8) is 0 Å². The summed E-state index contributed by atoms with van der Waals surface area (Å²) in [5.74, 6) is 0. The second-order valence-electron chi connectivity index (χ2n) is 1.45. The van der Waals surface area contributed by atoms with E-state index in [4.69, 9.17) is 0 Å². The summed E-state index contributed by atoms with van der Waals surface area (Å²) >= 11 is 0. The second-order valence-corrected chi connectivity index (χ2v) is 1.45. The average Bonchev–Trinajstić information content (AvgIpc) is 2.34. The minimum atomic E-state index is 1.48. The molecule has 1 aromatic rings. The van der Waals surface area contributed by atoms with Crippen molar-refractivity contribution < 1.29 is 0 Å². The van der Waals surface area contributed by atoms with E-state index in [1.54, 1.807) is 29.4 Å². The summed E-state index contributed by atoms with van der Waals surface area (Å²) in [4.78, 5) is 3.74. The first kappa shape index (κ1) is 5.75. The molecular weight excluding hydrogens is 114 g/mol. The number of rotatable bonds is 2. The maximum absolute atomic E-state index is 3.82. The Morgan fingerprint density at radius 1 is 1.56 bits per heavy atom. The van der Waals surface area contributed by atoms with Gasteiger partial charge < -0.3 is 0 Å². The van der Waals surface area contributed by atoms with Crippen molar-refractivity contribution in [3.8, 4) is 0 Å². The minimum Gasteiger partial charge on any atom is -0.228 e.